The van der Waals surface area contributed by atoms with Crippen LogP contribution < -0.4 is 0 Å². The molecule has 0 N–H and O–H groups in total. The summed E-state index contributed by atoms with van der Waals surface area (Å²) in [5, 5.41) is 3.35. The fourth-order valence-electron chi connectivity index (χ4n) is 3.40. The molecule has 4 heteroatoms. The Morgan fingerprint density at radius 1 is 0.926 bits per heavy atom. The molecule has 0 aliphatic rings. The van der Waals surface area contributed by atoms with Crippen molar-refractivity contribution in [2.24, 2.45) is 0 Å². The molecule has 0 spiro atoms. The molecule has 3 nitrogen and oxygen atoms in total. The van der Waals surface area contributed by atoms with Gasteiger partial charge in [0, 0.05) is 27.9 Å². The fraction of sp³-hybridized carbons (Fsp3) is 0.217. The zero-order chi connectivity index (χ0) is 18.8. The first-order valence-electron chi connectivity index (χ1n) is 9.10. The van der Waals surface area contributed by atoms with Gasteiger partial charge in [-0.15, -0.1) is 11.3 Å². The van der Waals surface area contributed by atoms with Crippen molar-refractivity contribution < 1.29 is 4.42 Å². The number of nitrogens with zero attached hydrogens (tertiary/aromatic N) is 2. The van der Waals surface area contributed by atoms with Crippen LogP contribution in [0.1, 0.15) is 31.3 Å². The van der Waals surface area contributed by atoms with Gasteiger partial charge in [0.2, 0.25) is 0 Å². The number of rotatable bonds is 1. The van der Waals surface area contributed by atoms with Crippen LogP contribution >= 0.6 is 11.3 Å². The molecule has 0 saturated heterocycles. The van der Waals surface area contributed by atoms with E-state index in [4.69, 9.17) is 9.40 Å². The Morgan fingerprint density at radius 2 is 1.74 bits per heavy atom. The third-order valence-corrected chi connectivity index (χ3v) is 6.30. The van der Waals surface area contributed by atoms with Gasteiger partial charge < -0.3 is 4.42 Å². The molecule has 5 rings (SSSR count). The Hall–Kier alpha value is -2.72. The molecule has 5 aromatic rings. The van der Waals surface area contributed by atoms with Gasteiger partial charge in [-0.25, -0.2) is 4.98 Å². The van der Waals surface area contributed by atoms with E-state index in [-0.39, 0.29) is 5.41 Å². The third-order valence-electron chi connectivity index (χ3n) is 4.85. The summed E-state index contributed by atoms with van der Waals surface area (Å²) >= 11 is 1.75. The van der Waals surface area contributed by atoms with Crippen molar-refractivity contribution in [1.29, 1.82) is 0 Å². The van der Waals surface area contributed by atoms with Gasteiger partial charge in [0.1, 0.15) is 11.1 Å². The van der Waals surface area contributed by atoms with Crippen LogP contribution in [0.2, 0.25) is 0 Å². The first-order valence-corrected chi connectivity index (χ1v) is 9.92. The minimum atomic E-state index is 0.0268. The summed E-state index contributed by atoms with van der Waals surface area (Å²) in [4.78, 5) is 9.52. The predicted octanol–water partition coefficient (Wildman–Crippen LogP) is 6.86. The number of benzene rings is 2. The molecule has 0 aliphatic carbocycles. The van der Waals surface area contributed by atoms with Gasteiger partial charge in [0.25, 0.3) is 0 Å². The molecular formula is C23H20N2OS. The van der Waals surface area contributed by atoms with E-state index in [0.29, 0.717) is 0 Å². The van der Waals surface area contributed by atoms with Crippen LogP contribution in [0.25, 0.3) is 43.4 Å². The number of furan rings is 1. The Morgan fingerprint density at radius 3 is 2.48 bits per heavy atom. The molecule has 2 aromatic carbocycles. The topological polar surface area (TPSA) is 38.9 Å². The van der Waals surface area contributed by atoms with E-state index in [9.17, 15) is 0 Å². The first kappa shape index (κ1) is 16.5. The van der Waals surface area contributed by atoms with E-state index in [1.54, 1.807) is 11.3 Å². The van der Waals surface area contributed by atoms with Crippen molar-refractivity contribution in [2.75, 3.05) is 0 Å². The first-order chi connectivity index (χ1) is 12.9. The normalized spacial score (nSPS) is 12.4. The summed E-state index contributed by atoms with van der Waals surface area (Å²) in [5.74, 6) is 0. The van der Waals surface area contributed by atoms with Crippen LogP contribution in [-0.4, -0.2) is 9.97 Å². The lowest BCUT2D eigenvalue weighted by molar-refractivity contribution is 0.586. The van der Waals surface area contributed by atoms with Gasteiger partial charge in [-0.3, -0.25) is 4.98 Å². The Labute approximate surface area is 161 Å². The van der Waals surface area contributed by atoms with Crippen molar-refractivity contribution in [3.63, 3.8) is 0 Å². The molecule has 0 bridgehead atoms. The molecule has 134 valence electrons. The van der Waals surface area contributed by atoms with Gasteiger partial charge in [-0.05, 0) is 36.8 Å². The molecule has 0 fully saturated rings. The maximum Gasteiger partial charge on any atom is 0.162 e. The van der Waals surface area contributed by atoms with Crippen LogP contribution in [-0.2, 0) is 5.41 Å². The summed E-state index contributed by atoms with van der Waals surface area (Å²) in [6.45, 7) is 8.63. The lowest BCUT2D eigenvalue weighted by Crippen LogP contribution is -2.09. The molecule has 0 unspecified atom stereocenters. The number of hydrogen-bond donors (Lipinski definition) is 0. The average molecular weight is 372 g/mol. The maximum atomic E-state index is 6.41. The molecule has 0 aliphatic heterocycles. The second-order valence-corrected chi connectivity index (χ2v) is 9.09. The van der Waals surface area contributed by atoms with E-state index < -0.39 is 0 Å². The highest BCUT2D eigenvalue weighted by atomic mass is 32.1. The van der Waals surface area contributed by atoms with Crippen LogP contribution in [0.5, 0.6) is 0 Å². The van der Waals surface area contributed by atoms with Crippen LogP contribution in [0.4, 0.5) is 0 Å². The largest absolute Gasteiger partial charge is 0.453 e. The van der Waals surface area contributed by atoms with E-state index in [0.717, 1.165) is 49.3 Å². The summed E-state index contributed by atoms with van der Waals surface area (Å²) in [6.07, 6.45) is 1.89. The maximum absolute atomic E-state index is 6.41. The Kier molecular flexibility index (Phi) is 3.43. The SMILES string of the molecule is Cc1ccc(-c2cccc3c2oc2c3ccc3sc(C(C)(C)C)nc32)nc1. The lowest BCUT2D eigenvalue weighted by atomic mass is 9.98. The highest BCUT2D eigenvalue weighted by Crippen LogP contribution is 2.40. The van der Waals surface area contributed by atoms with Crippen molar-refractivity contribution in [3.05, 3.63) is 59.2 Å². The molecule has 27 heavy (non-hydrogen) atoms. The highest BCUT2D eigenvalue weighted by molar-refractivity contribution is 7.18. The number of aromatic nitrogens is 2. The molecule has 3 heterocycles. The molecule has 0 amide bonds. The van der Waals surface area contributed by atoms with E-state index in [2.05, 4.69) is 62.2 Å². The number of aryl methyl sites for hydroxylation is 1. The quantitative estimate of drug-likeness (QED) is 0.322. The van der Waals surface area contributed by atoms with E-state index in [1.807, 2.05) is 19.2 Å². The van der Waals surface area contributed by atoms with Gasteiger partial charge in [-0.2, -0.15) is 0 Å². The minimum absolute atomic E-state index is 0.0268. The zero-order valence-corrected chi connectivity index (χ0v) is 16.6. The third kappa shape index (κ3) is 2.55. The second kappa shape index (κ2) is 5.64. The number of thiazole rings is 1. The average Bonchev–Trinajstić information content (AvgIpc) is 3.23. The summed E-state index contributed by atoms with van der Waals surface area (Å²) < 4.78 is 7.58. The number of para-hydroxylation sites is 1. The molecule has 0 atom stereocenters. The molecule has 3 aromatic heterocycles. The molecular weight excluding hydrogens is 352 g/mol. The van der Waals surface area contributed by atoms with Gasteiger partial charge >= 0.3 is 0 Å². The Bertz CT molecular complexity index is 1300. The highest BCUT2D eigenvalue weighted by Gasteiger charge is 2.22. The smallest absolute Gasteiger partial charge is 0.162 e. The Balaban J connectivity index is 1.83. The van der Waals surface area contributed by atoms with Gasteiger partial charge in [-0.1, -0.05) is 39.0 Å². The van der Waals surface area contributed by atoms with Crippen LogP contribution in [0.15, 0.2) is 53.1 Å². The van der Waals surface area contributed by atoms with Crippen LogP contribution in [0, 0.1) is 6.92 Å². The van der Waals surface area contributed by atoms with Crippen molar-refractivity contribution in [1.82, 2.24) is 9.97 Å². The minimum Gasteiger partial charge on any atom is -0.453 e. The van der Waals surface area contributed by atoms with E-state index >= 15 is 0 Å². The van der Waals surface area contributed by atoms with Crippen molar-refractivity contribution >= 4 is 43.5 Å². The summed E-state index contributed by atoms with van der Waals surface area (Å²) in [7, 11) is 0. The zero-order valence-electron chi connectivity index (χ0n) is 15.8. The number of fused-ring (bicyclic) bond motifs is 5. The number of hydrogen-bond acceptors (Lipinski definition) is 4. The van der Waals surface area contributed by atoms with E-state index in [1.165, 1.54) is 4.70 Å². The van der Waals surface area contributed by atoms with Crippen LogP contribution in [0.3, 0.4) is 0 Å². The predicted molar refractivity (Wildman–Crippen MR) is 114 cm³/mol. The standard InChI is InChI=1S/C23H20N2OS/c1-13-8-10-17(24-12-13)16-7-5-6-14-15-9-11-18-19(21(15)26-20(14)16)25-22(27-18)23(2,3)4/h5-12H,1-4H3. The molecule has 0 saturated carbocycles. The lowest BCUT2D eigenvalue weighted by Gasteiger charge is -2.13. The summed E-state index contributed by atoms with van der Waals surface area (Å²) in [6, 6.07) is 14.7. The molecule has 0 radical (unpaired) electrons. The van der Waals surface area contributed by atoms with Gasteiger partial charge in [0.05, 0.1) is 15.4 Å². The van der Waals surface area contributed by atoms with Crippen molar-refractivity contribution in [3.8, 4) is 11.3 Å². The fourth-order valence-corrected chi connectivity index (χ4v) is 4.42. The summed E-state index contributed by atoms with van der Waals surface area (Å²) in [5.41, 5.74) is 5.82. The number of pyridine rings is 1. The van der Waals surface area contributed by atoms with Crippen molar-refractivity contribution in [2.45, 2.75) is 33.1 Å². The van der Waals surface area contributed by atoms with Gasteiger partial charge in [0.15, 0.2) is 5.58 Å². The monoisotopic (exact) mass is 372 g/mol. The second-order valence-electron chi connectivity index (χ2n) is 8.06.